The van der Waals surface area contributed by atoms with E-state index in [9.17, 15) is 9.59 Å². The number of nitrogens with zero attached hydrogens (tertiary/aromatic N) is 1. The number of nitriles is 1. The number of hydrogen-bond acceptors (Lipinski definition) is 6. The van der Waals surface area contributed by atoms with Gasteiger partial charge in [-0.1, -0.05) is 11.6 Å². The number of carbonyl (C=O) groups excluding carboxylic acids is 2. The second-order valence-electron chi connectivity index (χ2n) is 4.78. The summed E-state index contributed by atoms with van der Waals surface area (Å²) in [4.78, 5) is 23.3. The molecule has 0 aliphatic heterocycles. The van der Waals surface area contributed by atoms with Crippen LogP contribution in [0.4, 0.5) is 0 Å². The first kappa shape index (κ1) is 18.3. The SMILES string of the molecule is CCOC(=O)C(C#N)=Cc1ccc(-c2ccc(Cl)c(C(=O)OC)c2)o1. The molecule has 128 valence electrons. The molecule has 0 aliphatic rings. The van der Waals surface area contributed by atoms with E-state index < -0.39 is 11.9 Å². The molecule has 1 heterocycles. The quantitative estimate of drug-likeness (QED) is 0.457. The summed E-state index contributed by atoms with van der Waals surface area (Å²) >= 11 is 5.99. The molecule has 1 aromatic heterocycles. The van der Waals surface area contributed by atoms with Crippen LogP contribution in [0.25, 0.3) is 17.4 Å². The summed E-state index contributed by atoms with van der Waals surface area (Å²) in [6.07, 6.45) is 1.29. The molecule has 0 unspecified atom stereocenters. The summed E-state index contributed by atoms with van der Waals surface area (Å²) in [5, 5.41) is 9.30. The van der Waals surface area contributed by atoms with E-state index in [4.69, 9.17) is 26.0 Å². The fourth-order valence-corrected chi connectivity index (χ4v) is 2.21. The minimum Gasteiger partial charge on any atom is -0.465 e. The van der Waals surface area contributed by atoms with Crippen LogP contribution < -0.4 is 0 Å². The van der Waals surface area contributed by atoms with Gasteiger partial charge in [-0.05, 0) is 37.3 Å². The molecule has 0 amide bonds. The Morgan fingerprint density at radius 2 is 2.08 bits per heavy atom. The Bertz CT molecular complexity index is 876. The minimum absolute atomic E-state index is 0.169. The lowest BCUT2D eigenvalue weighted by molar-refractivity contribution is -0.137. The number of benzene rings is 1. The topological polar surface area (TPSA) is 89.5 Å². The molecule has 0 saturated heterocycles. The number of methoxy groups -OCH3 is 1. The van der Waals surface area contributed by atoms with E-state index in [0.717, 1.165) is 0 Å². The Morgan fingerprint density at radius 1 is 1.32 bits per heavy atom. The standard InChI is InChI=1S/C18H14ClNO5/c1-3-24-17(21)12(10-20)8-13-5-7-16(25-13)11-4-6-15(19)14(9-11)18(22)23-2/h4-9H,3H2,1-2H3. The summed E-state index contributed by atoms with van der Waals surface area (Å²) < 4.78 is 15.1. The van der Waals surface area contributed by atoms with Crippen molar-refractivity contribution in [3.8, 4) is 17.4 Å². The highest BCUT2D eigenvalue weighted by Crippen LogP contribution is 2.28. The van der Waals surface area contributed by atoms with Gasteiger partial charge in [0.05, 0.1) is 24.3 Å². The van der Waals surface area contributed by atoms with Gasteiger partial charge in [0.2, 0.25) is 0 Å². The van der Waals surface area contributed by atoms with Gasteiger partial charge < -0.3 is 13.9 Å². The summed E-state index contributed by atoms with van der Waals surface area (Å²) in [6.45, 7) is 1.82. The average Bonchev–Trinajstić information content (AvgIpc) is 3.08. The smallest absolute Gasteiger partial charge is 0.349 e. The molecule has 0 atom stereocenters. The van der Waals surface area contributed by atoms with Crippen molar-refractivity contribution in [2.75, 3.05) is 13.7 Å². The number of hydrogen-bond donors (Lipinski definition) is 0. The Hall–Kier alpha value is -3.04. The van der Waals surface area contributed by atoms with Crippen molar-refractivity contribution >= 4 is 29.6 Å². The molecule has 0 aliphatic carbocycles. The highest BCUT2D eigenvalue weighted by molar-refractivity contribution is 6.33. The van der Waals surface area contributed by atoms with Crippen LogP contribution in [0.5, 0.6) is 0 Å². The van der Waals surface area contributed by atoms with Gasteiger partial charge in [0.25, 0.3) is 0 Å². The molecule has 25 heavy (non-hydrogen) atoms. The van der Waals surface area contributed by atoms with Crippen LogP contribution in [-0.4, -0.2) is 25.7 Å². The molecule has 2 aromatic rings. The van der Waals surface area contributed by atoms with Crippen LogP contribution in [0.15, 0.2) is 40.3 Å². The van der Waals surface area contributed by atoms with Gasteiger partial charge in [-0.2, -0.15) is 5.26 Å². The van der Waals surface area contributed by atoms with Gasteiger partial charge in [0.15, 0.2) is 0 Å². The van der Waals surface area contributed by atoms with Gasteiger partial charge >= 0.3 is 11.9 Å². The van der Waals surface area contributed by atoms with Crippen LogP contribution in [0.3, 0.4) is 0 Å². The normalized spacial score (nSPS) is 10.9. The molecule has 7 heteroatoms. The van der Waals surface area contributed by atoms with E-state index in [2.05, 4.69) is 4.74 Å². The zero-order valence-electron chi connectivity index (χ0n) is 13.5. The van der Waals surface area contributed by atoms with E-state index in [0.29, 0.717) is 17.1 Å². The lowest BCUT2D eigenvalue weighted by Crippen LogP contribution is -2.05. The zero-order chi connectivity index (χ0) is 18.4. The van der Waals surface area contributed by atoms with Gasteiger partial charge in [-0.25, -0.2) is 9.59 Å². The van der Waals surface area contributed by atoms with E-state index in [-0.39, 0.29) is 22.8 Å². The van der Waals surface area contributed by atoms with Gasteiger partial charge in [0.1, 0.15) is 23.2 Å². The summed E-state index contributed by atoms with van der Waals surface area (Å²) in [6, 6.07) is 9.79. The molecule has 0 bridgehead atoms. The van der Waals surface area contributed by atoms with Crippen LogP contribution >= 0.6 is 11.6 Å². The lowest BCUT2D eigenvalue weighted by Gasteiger charge is -2.04. The monoisotopic (exact) mass is 359 g/mol. The number of ether oxygens (including phenoxy) is 2. The Labute approximate surface area is 149 Å². The number of halogens is 1. The zero-order valence-corrected chi connectivity index (χ0v) is 14.3. The first-order valence-electron chi connectivity index (χ1n) is 7.27. The molecular formula is C18H14ClNO5. The molecule has 0 radical (unpaired) electrons. The van der Waals surface area contributed by atoms with Crippen LogP contribution in [-0.2, 0) is 14.3 Å². The maximum absolute atomic E-state index is 11.7. The predicted molar refractivity (Wildman–Crippen MR) is 90.7 cm³/mol. The summed E-state index contributed by atoms with van der Waals surface area (Å²) in [5.74, 6) is -0.543. The molecule has 0 saturated carbocycles. The average molecular weight is 360 g/mol. The number of rotatable bonds is 5. The van der Waals surface area contributed by atoms with Crippen molar-refractivity contribution in [1.29, 1.82) is 5.26 Å². The van der Waals surface area contributed by atoms with E-state index in [1.807, 2.05) is 0 Å². The van der Waals surface area contributed by atoms with Crippen LogP contribution in [0.2, 0.25) is 5.02 Å². The van der Waals surface area contributed by atoms with Crippen molar-refractivity contribution < 1.29 is 23.5 Å². The highest BCUT2D eigenvalue weighted by Gasteiger charge is 2.15. The number of furan rings is 1. The van der Waals surface area contributed by atoms with Crippen molar-refractivity contribution in [2.45, 2.75) is 6.92 Å². The fourth-order valence-electron chi connectivity index (χ4n) is 2.02. The maximum atomic E-state index is 11.7. The molecule has 0 fully saturated rings. The fraction of sp³-hybridized carbons (Fsp3) is 0.167. The number of esters is 2. The Morgan fingerprint density at radius 3 is 2.72 bits per heavy atom. The highest BCUT2D eigenvalue weighted by atomic mass is 35.5. The molecular weight excluding hydrogens is 346 g/mol. The second kappa shape index (κ2) is 8.18. The Balaban J connectivity index is 2.34. The van der Waals surface area contributed by atoms with E-state index in [1.165, 1.54) is 19.3 Å². The molecule has 0 spiro atoms. The third-order valence-electron chi connectivity index (χ3n) is 3.19. The van der Waals surface area contributed by atoms with Crippen molar-refractivity contribution in [1.82, 2.24) is 0 Å². The summed E-state index contributed by atoms with van der Waals surface area (Å²) in [7, 11) is 1.26. The van der Waals surface area contributed by atoms with Crippen LogP contribution in [0, 0.1) is 11.3 Å². The molecule has 2 rings (SSSR count). The van der Waals surface area contributed by atoms with E-state index in [1.54, 1.807) is 37.3 Å². The van der Waals surface area contributed by atoms with Crippen LogP contribution in [0.1, 0.15) is 23.0 Å². The molecule has 1 aromatic carbocycles. The largest absolute Gasteiger partial charge is 0.465 e. The van der Waals surface area contributed by atoms with Gasteiger partial charge in [-0.3, -0.25) is 0 Å². The third kappa shape index (κ3) is 4.28. The van der Waals surface area contributed by atoms with Gasteiger partial charge in [-0.15, -0.1) is 0 Å². The summed E-state index contributed by atoms with van der Waals surface area (Å²) in [5.41, 5.74) is 0.632. The third-order valence-corrected chi connectivity index (χ3v) is 3.51. The number of carbonyl (C=O) groups is 2. The Kier molecular flexibility index (Phi) is 5.98. The molecule has 6 nitrogen and oxygen atoms in total. The van der Waals surface area contributed by atoms with Crippen molar-refractivity contribution in [3.63, 3.8) is 0 Å². The van der Waals surface area contributed by atoms with Crippen molar-refractivity contribution in [3.05, 3.63) is 52.3 Å². The predicted octanol–water partition coefficient (Wildman–Crippen LogP) is 3.86. The molecule has 0 N–H and O–H groups in total. The second-order valence-corrected chi connectivity index (χ2v) is 5.19. The minimum atomic E-state index is -0.720. The first-order valence-corrected chi connectivity index (χ1v) is 7.65. The van der Waals surface area contributed by atoms with Crippen molar-refractivity contribution in [2.24, 2.45) is 0 Å². The maximum Gasteiger partial charge on any atom is 0.349 e. The van der Waals surface area contributed by atoms with E-state index >= 15 is 0 Å². The lowest BCUT2D eigenvalue weighted by atomic mass is 10.1. The van der Waals surface area contributed by atoms with Gasteiger partial charge in [0, 0.05) is 11.6 Å². The first-order chi connectivity index (χ1) is 12.0.